The summed E-state index contributed by atoms with van der Waals surface area (Å²) < 4.78 is 0. The monoisotopic (exact) mass is 186 g/mol. The summed E-state index contributed by atoms with van der Waals surface area (Å²) in [6.07, 6.45) is 3.68. The third-order valence-electron chi connectivity index (χ3n) is 2.85. The summed E-state index contributed by atoms with van der Waals surface area (Å²) in [5, 5.41) is 5.27. The zero-order chi connectivity index (χ0) is 9.68. The first-order chi connectivity index (χ1) is 6.27. The standard InChI is InChI=1S/C10H22N2O/c1-4-9(3)6-10(5-2)12-7-11-8-13-12/h9-11H,4-8H2,1-3H3. The highest BCUT2D eigenvalue weighted by atomic mass is 16.7. The van der Waals surface area contributed by atoms with E-state index in [0.717, 1.165) is 12.6 Å². The van der Waals surface area contributed by atoms with E-state index in [1.165, 1.54) is 19.3 Å². The molecule has 1 heterocycles. The van der Waals surface area contributed by atoms with Crippen molar-refractivity contribution in [2.75, 3.05) is 13.4 Å². The van der Waals surface area contributed by atoms with Gasteiger partial charge in [0.15, 0.2) is 0 Å². The maximum atomic E-state index is 5.47. The van der Waals surface area contributed by atoms with Gasteiger partial charge in [-0.2, -0.15) is 5.06 Å². The Morgan fingerprint density at radius 2 is 2.15 bits per heavy atom. The molecule has 0 radical (unpaired) electrons. The highest BCUT2D eigenvalue weighted by molar-refractivity contribution is 4.68. The lowest BCUT2D eigenvalue weighted by Crippen LogP contribution is -2.34. The number of hydrogen-bond acceptors (Lipinski definition) is 3. The zero-order valence-electron chi connectivity index (χ0n) is 9.05. The van der Waals surface area contributed by atoms with Crippen LogP contribution in [0.5, 0.6) is 0 Å². The molecule has 1 fully saturated rings. The molecule has 1 aliphatic rings. The Kier molecular flexibility index (Phi) is 4.70. The molecule has 3 nitrogen and oxygen atoms in total. The Hall–Kier alpha value is -0.120. The van der Waals surface area contributed by atoms with Crippen LogP contribution in [0.3, 0.4) is 0 Å². The third-order valence-corrected chi connectivity index (χ3v) is 2.85. The van der Waals surface area contributed by atoms with Gasteiger partial charge in [-0.1, -0.05) is 27.2 Å². The van der Waals surface area contributed by atoms with Crippen LogP contribution in [0, 0.1) is 5.92 Å². The minimum Gasteiger partial charge on any atom is -0.282 e. The maximum Gasteiger partial charge on any atom is 0.120 e. The molecule has 0 aromatic carbocycles. The fourth-order valence-corrected chi connectivity index (χ4v) is 1.68. The van der Waals surface area contributed by atoms with Gasteiger partial charge >= 0.3 is 0 Å². The van der Waals surface area contributed by atoms with Crippen molar-refractivity contribution >= 4 is 0 Å². The lowest BCUT2D eigenvalue weighted by molar-refractivity contribution is -0.145. The molecule has 0 bridgehead atoms. The highest BCUT2D eigenvalue weighted by Gasteiger charge is 2.22. The van der Waals surface area contributed by atoms with Gasteiger partial charge in [-0.3, -0.25) is 10.2 Å². The second-order valence-corrected chi connectivity index (χ2v) is 3.91. The first-order valence-corrected chi connectivity index (χ1v) is 5.38. The molecule has 1 saturated heterocycles. The van der Waals surface area contributed by atoms with E-state index in [2.05, 4.69) is 31.2 Å². The number of nitrogens with zero attached hydrogens (tertiary/aromatic N) is 1. The van der Waals surface area contributed by atoms with Gasteiger partial charge in [0.25, 0.3) is 0 Å². The summed E-state index contributed by atoms with van der Waals surface area (Å²) in [6, 6.07) is 0.588. The predicted octanol–water partition coefficient (Wildman–Crippen LogP) is 1.95. The highest BCUT2D eigenvalue weighted by Crippen LogP contribution is 2.18. The van der Waals surface area contributed by atoms with Gasteiger partial charge in [0.1, 0.15) is 6.73 Å². The molecule has 3 heteroatoms. The lowest BCUT2D eigenvalue weighted by Gasteiger charge is -2.26. The molecule has 2 atom stereocenters. The van der Waals surface area contributed by atoms with E-state index < -0.39 is 0 Å². The molecular formula is C10H22N2O. The van der Waals surface area contributed by atoms with Crippen LogP contribution in [-0.2, 0) is 4.84 Å². The Labute approximate surface area is 81.4 Å². The molecule has 1 rings (SSSR count). The molecular weight excluding hydrogens is 164 g/mol. The minimum atomic E-state index is 0.588. The van der Waals surface area contributed by atoms with Gasteiger partial charge in [0.2, 0.25) is 0 Å². The zero-order valence-corrected chi connectivity index (χ0v) is 9.05. The average molecular weight is 186 g/mol. The van der Waals surface area contributed by atoms with Crippen molar-refractivity contribution in [1.82, 2.24) is 10.4 Å². The number of rotatable bonds is 5. The van der Waals surface area contributed by atoms with Gasteiger partial charge in [0, 0.05) is 6.04 Å². The van der Waals surface area contributed by atoms with Gasteiger partial charge in [-0.15, -0.1) is 0 Å². The summed E-state index contributed by atoms with van der Waals surface area (Å²) in [7, 11) is 0. The molecule has 0 spiro atoms. The predicted molar refractivity (Wildman–Crippen MR) is 53.9 cm³/mol. The topological polar surface area (TPSA) is 24.5 Å². The largest absolute Gasteiger partial charge is 0.282 e. The fourth-order valence-electron chi connectivity index (χ4n) is 1.68. The number of nitrogens with one attached hydrogen (secondary N) is 1. The van der Waals surface area contributed by atoms with Gasteiger partial charge in [0.05, 0.1) is 6.67 Å². The van der Waals surface area contributed by atoms with Crippen LogP contribution >= 0.6 is 0 Å². The summed E-state index contributed by atoms with van der Waals surface area (Å²) in [5.74, 6) is 0.800. The van der Waals surface area contributed by atoms with E-state index in [0.29, 0.717) is 12.8 Å². The Morgan fingerprint density at radius 1 is 1.38 bits per heavy atom. The van der Waals surface area contributed by atoms with Crippen molar-refractivity contribution in [2.45, 2.75) is 46.1 Å². The van der Waals surface area contributed by atoms with E-state index in [1.807, 2.05) is 0 Å². The molecule has 1 aliphatic heterocycles. The quantitative estimate of drug-likeness (QED) is 0.710. The van der Waals surface area contributed by atoms with Crippen LogP contribution in [0.25, 0.3) is 0 Å². The maximum absolute atomic E-state index is 5.47. The van der Waals surface area contributed by atoms with E-state index in [-0.39, 0.29) is 0 Å². The molecule has 78 valence electrons. The van der Waals surface area contributed by atoms with Gasteiger partial charge in [-0.25, -0.2) is 0 Å². The molecule has 0 aromatic rings. The van der Waals surface area contributed by atoms with E-state index in [4.69, 9.17) is 4.84 Å². The van der Waals surface area contributed by atoms with Crippen molar-refractivity contribution in [2.24, 2.45) is 5.92 Å². The first-order valence-electron chi connectivity index (χ1n) is 5.38. The van der Waals surface area contributed by atoms with Gasteiger partial charge < -0.3 is 0 Å². The summed E-state index contributed by atoms with van der Waals surface area (Å²) >= 11 is 0. The van der Waals surface area contributed by atoms with Crippen LogP contribution in [0.2, 0.25) is 0 Å². The molecule has 0 saturated carbocycles. The molecule has 0 aliphatic carbocycles. The Balaban J connectivity index is 2.32. The number of hydroxylamine groups is 2. The summed E-state index contributed by atoms with van der Waals surface area (Å²) in [4.78, 5) is 5.47. The van der Waals surface area contributed by atoms with Crippen LogP contribution < -0.4 is 5.32 Å². The van der Waals surface area contributed by atoms with Crippen molar-refractivity contribution in [3.8, 4) is 0 Å². The molecule has 13 heavy (non-hydrogen) atoms. The Morgan fingerprint density at radius 3 is 2.62 bits per heavy atom. The fraction of sp³-hybridized carbons (Fsp3) is 1.00. The Bertz CT molecular complexity index is 135. The minimum absolute atomic E-state index is 0.588. The summed E-state index contributed by atoms with van der Waals surface area (Å²) in [6.45, 7) is 8.35. The second kappa shape index (κ2) is 5.58. The normalized spacial score (nSPS) is 23.3. The van der Waals surface area contributed by atoms with Crippen molar-refractivity contribution in [1.29, 1.82) is 0 Å². The van der Waals surface area contributed by atoms with E-state index in [1.54, 1.807) is 0 Å². The van der Waals surface area contributed by atoms with Crippen molar-refractivity contribution < 1.29 is 4.84 Å². The molecule has 0 amide bonds. The van der Waals surface area contributed by atoms with Crippen LogP contribution in [-0.4, -0.2) is 24.5 Å². The van der Waals surface area contributed by atoms with Crippen molar-refractivity contribution in [3.05, 3.63) is 0 Å². The lowest BCUT2D eigenvalue weighted by atomic mass is 9.98. The number of hydrogen-bond donors (Lipinski definition) is 1. The molecule has 1 N–H and O–H groups in total. The van der Waals surface area contributed by atoms with Crippen LogP contribution in [0.1, 0.15) is 40.0 Å². The second-order valence-electron chi connectivity index (χ2n) is 3.91. The molecule has 0 aromatic heterocycles. The van der Waals surface area contributed by atoms with Gasteiger partial charge in [-0.05, 0) is 18.8 Å². The average Bonchev–Trinajstić information content (AvgIpc) is 2.66. The third kappa shape index (κ3) is 3.25. The first kappa shape index (κ1) is 11.0. The van der Waals surface area contributed by atoms with Crippen LogP contribution in [0.15, 0.2) is 0 Å². The summed E-state index contributed by atoms with van der Waals surface area (Å²) in [5.41, 5.74) is 0. The smallest absolute Gasteiger partial charge is 0.120 e. The molecule has 2 unspecified atom stereocenters. The van der Waals surface area contributed by atoms with Crippen molar-refractivity contribution in [3.63, 3.8) is 0 Å². The van der Waals surface area contributed by atoms with Crippen LogP contribution in [0.4, 0.5) is 0 Å². The van der Waals surface area contributed by atoms with E-state index in [9.17, 15) is 0 Å². The SMILES string of the molecule is CCC(C)CC(CC)N1CNCO1. The van der Waals surface area contributed by atoms with E-state index >= 15 is 0 Å².